The molecule has 0 saturated carbocycles. The molecule has 0 aliphatic rings. The van der Waals surface area contributed by atoms with Crippen LogP contribution < -0.4 is 4.90 Å². The van der Waals surface area contributed by atoms with Crippen LogP contribution in [0.1, 0.15) is 42.7 Å². The first kappa shape index (κ1) is 25.9. The number of thiazole rings is 1. The lowest BCUT2D eigenvalue weighted by atomic mass is 10.2. The SMILES string of the molecule is CCCN(CCC)S(=O)(=O)c1ccc(C(=O)N(Cc2ccccn2)c2nc3ccc(F)cc3s2)cc1. The van der Waals surface area contributed by atoms with E-state index in [9.17, 15) is 17.6 Å². The number of hydrogen-bond donors (Lipinski definition) is 0. The summed E-state index contributed by atoms with van der Waals surface area (Å²) in [7, 11) is -3.66. The Morgan fingerprint density at radius 2 is 1.72 bits per heavy atom. The number of benzene rings is 2. The van der Waals surface area contributed by atoms with Gasteiger partial charge in [0.25, 0.3) is 5.91 Å². The predicted molar refractivity (Wildman–Crippen MR) is 140 cm³/mol. The van der Waals surface area contributed by atoms with Gasteiger partial charge in [0.1, 0.15) is 5.82 Å². The summed E-state index contributed by atoms with van der Waals surface area (Å²) in [5.74, 6) is -0.736. The number of pyridine rings is 1. The molecule has 0 radical (unpaired) electrons. The molecule has 188 valence electrons. The number of fused-ring (bicyclic) bond motifs is 1. The van der Waals surface area contributed by atoms with E-state index in [0.29, 0.717) is 52.5 Å². The van der Waals surface area contributed by atoms with E-state index in [2.05, 4.69) is 9.97 Å². The lowest BCUT2D eigenvalue weighted by Gasteiger charge is -2.22. The summed E-state index contributed by atoms with van der Waals surface area (Å²) in [4.78, 5) is 24.1. The van der Waals surface area contributed by atoms with Crippen molar-refractivity contribution in [3.05, 3.63) is 83.9 Å². The van der Waals surface area contributed by atoms with Crippen molar-refractivity contribution in [2.75, 3.05) is 18.0 Å². The number of aromatic nitrogens is 2. The second-order valence-electron chi connectivity index (χ2n) is 8.25. The molecular weight excluding hydrogens is 499 g/mol. The standard InChI is InChI=1S/C26H27FN4O3S2/c1-3-15-30(16-4-2)36(33,34)22-11-8-19(9-12-22)25(32)31(18-21-7-5-6-14-28-21)26-29-23-13-10-20(27)17-24(23)35-26/h5-14,17H,3-4,15-16,18H2,1-2H3. The Labute approximate surface area is 214 Å². The van der Waals surface area contributed by atoms with Crippen LogP contribution in [0.3, 0.4) is 0 Å². The van der Waals surface area contributed by atoms with Gasteiger partial charge in [-0.15, -0.1) is 0 Å². The van der Waals surface area contributed by atoms with E-state index >= 15 is 0 Å². The fourth-order valence-electron chi connectivity index (χ4n) is 3.81. The second-order valence-corrected chi connectivity index (χ2v) is 11.2. The molecule has 2 heterocycles. The molecule has 1 amide bonds. The number of sulfonamides is 1. The van der Waals surface area contributed by atoms with Crippen molar-refractivity contribution in [3.8, 4) is 0 Å². The number of halogens is 1. The van der Waals surface area contributed by atoms with Gasteiger partial charge in [-0.2, -0.15) is 4.31 Å². The van der Waals surface area contributed by atoms with Crippen LogP contribution in [-0.2, 0) is 16.6 Å². The van der Waals surface area contributed by atoms with Gasteiger partial charge < -0.3 is 0 Å². The van der Waals surface area contributed by atoms with Crippen molar-refractivity contribution >= 4 is 42.6 Å². The third-order valence-electron chi connectivity index (χ3n) is 5.55. The van der Waals surface area contributed by atoms with E-state index in [0.717, 1.165) is 0 Å². The molecule has 10 heteroatoms. The molecule has 4 aromatic rings. The van der Waals surface area contributed by atoms with Gasteiger partial charge in [-0.25, -0.2) is 17.8 Å². The molecule has 2 aromatic heterocycles. The summed E-state index contributed by atoms with van der Waals surface area (Å²) in [5, 5.41) is 0.403. The van der Waals surface area contributed by atoms with Gasteiger partial charge >= 0.3 is 0 Å². The molecule has 0 bridgehead atoms. The first-order chi connectivity index (χ1) is 17.3. The van der Waals surface area contributed by atoms with E-state index in [4.69, 9.17) is 0 Å². The summed E-state index contributed by atoms with van der Waals surface area (Å²) >= 11 is 1.21. The van der Waals surface area contributed by atoms with E-state index < -0.39 is 10.0 Å². The van der Waals surface area contributed by atoms with Crippen molar-refractivity contribution in [1.82, 2.24) is 14.3 Å². The monoisotopic (exact) mass is 526 g/mol. The number of amides is 1. The molecule has 0 spiro atoms. The van der Waals surface area contributed by atoms with Crippen LogP contribution in [0.4, 0.5) is 9.52 Å². The first-order valence-electron chi connectivity index (χ1n) is 11.7. The van der Waals surface area contributed by atoms with Crippen LogP contribution >= 0.6 is 11.3 Å². The van der Waals surface area contributed by atoms with Crippen molar-refractivity contribution in [2.24, 2.45) is 0 Å². The average molecular weight is 527 g/mol. The zero-order valence-corrected chi connectivity index (χ0v) is 21.7. The molecule has 0 aliphatic heterocycles. The smallest absolute Gasteiger partial charge is 0.260 e. The number of anilines is 1. The minimum Gasteiger partial charge on any atom is -0.278 e. The topological polar surface area (TPSA) is 83.5 Å². The fourth-order valence-corrected chi connectivity index (χ4v) is 6.42. The quantitative estimate of drug-likeness (QED) is 0.273. The van der Waals surface area contributed by atoms with Crippen molar-refractivity contribution < 1.29 is 17.6 Å². The molecule has 0 unspecified atom stereocenters. The lowest BCUT2D eigenvalue weighted by Crippen LogP contribution is -2.33. The number of nitrogens with zero attached hydrogens (tertiary/aromatic N) is 4. The highest BCUT2D eigenvalue weighted by atomic mass is 32.2. The summed E-state index contributed by atoms with van der Waals surface area (Å²) in [6.07, 6.45) is 3.07. The van der Waals surface area contributed by atoms with Gasteiger partial charge in [0.05, 0.1) is 27.4 Å². The van der Waals surface area contributed by atoms with Gasteiger partial charge in [-0.3, -0.25) is 14.7 Å². The van der Waals surface area contributed by atoms with Crippen LogP contribution in [0.15, 0.2) is 71.8 Å². The Balaban J connectivity index is 1.67. The Bertz CT molecular complexity index is 1440. The fraction of sp³-hybridized carbons (Fsp3) is 0.269. The third-order valence-corrected chi connectivity index (χ3v) is 8.50. The first-order valence-corrected chi connectivity index (χ1v) is 14.0. The third kappa shape index (κ3) is 5.61. The van der Waals surface area contributed by atoms with Crippen LogP contribution in [0, 0.1) is 5.82 Å². The number of carbonyl (C=O) groups excluding carboxylic acids is 1. The Kier molecular flexibility index (Phi) is 8.07. The number of hydrogen-bond acceptors (Lipinski definition) is 6. The molecule has 0 N–H and O–H groups in total. The average Bonchev–Trinajstić information content (AvgIpc) is 3.30. The van der Waals surface area contributed by atoms with Gasteiger partial charge in [0, 0.05) is 24.8 Å². The minimum atomic E-state index is -3.66. The summed E-state index contributed by atoms with van der Waals surface area (Å²) in [5.41, 5.74) is 1.56. The Morgan fingerprint density at radius 3 is 2.36 bits per heavy atom. The maximum absolute atomic E-state index is 13.7. The van der Waals surface area contributed by atoms with E-state index in [-0.39, 0.29) is 23.2 Å². The normalized spacial score (nSPS) is 11.8. The molecule has 7 nitrogen and oxygen atoms in total. The second kappa shape index (κ2) is 11.2. The van der Waals surface area contributed by atoms with Crippen LogP contribution in [0.5, 0.6) is 0 Å². The number of carbonyl (C=O) groups is 1. The molecule has 0 atom stereocenters. The lowest BCUT2D eigenvalue weighted by molar-refractivity contribution is 0.0984. The molecule has 36 heavy (non-hydrogen) atoms. The maximum atomic E-state index is 13.7. The Morgan fingerprint density at radius 1 is 1.00 bits per heavy atom. The molecule has 0 saturated heterocycles. The largest absolute Gasteiger partial charge is 0.278 e. The molecule has 0 fully saturated rings. The summed E-state index contributed by atoms with van der Waals surface area (Å²) in [6, 6.07) is 15.7. The summed E-state index contributed by atoms with van der Waals surface area (Å²) in [6.45, 7) is 4.90. The number of rotatable bonds is 10. The zero-order valence-electron chi connectivity index (χ0n) is 20.1. The van der Waals surface area contributed by atoms with Gasteiger partial charge in [0.15, 0.2) is 5.13 Å². The molecule has 2 aromatic carbocycles. The molecular formula is C26H27FN4O3S2. The van der Waals surface area contributed by atoms with Gasteiger partial charge in [-0.1, -0.05) is 31.3 Å². The van der Waals surface area contributed by atoms with Gasteiger partial charge in [-0.05, 0) is 67.4 Å². The molecule has 0 aliphatic carbocycles. The highest BCUT2D eigenvalue weighted by Crippen LogP contribution is 2.31. The van der Waals surface area contributed by atoms with Crippen molar-refractivity contribution in [3.63, 3.8) is 0 Å². The van der Waals surface area contributed by atoms with Gasteiger partial charge in [0.2, 0.25) is 10.0 Å². The van der Waals surface area contributed by atoms with Crippen molar-refractivity contribution in [1.29, 1.82) is 0 Å². The Hall–Kier alpha value is -3.21. The predicted octanol–water partition coefficient (Wildman–Crippen LogP) is 5.49. The van der Waals surface area contributed by atoms with E-state index in [1.807, 2.05) is 19.9 Å². The van der Waals surface area contributed by atoms with Crippen molar-refractivity contribution in [2.45, 2.75) is 38.1 Å². The summed E-state index contributed by atoms with van der Waals surface area (Å²) < 4.78 is 42.0. The minimum absolute atomic E-state index is 0.146. The van der Waals surface area contributed by atoms with Crippen LogP contribution in [-0.4, -0.2) is 41.7 Å². The van der Waals surface area contributed by atoms with Crippen LogP contribution in [0.25, 0.3) is 10.2 Å². The zero-order chi connectivity index (χ0) is 25.7. The van der Waals surface area contributed by atoms with E-state index in [1.54, 1.807) is 24.4 Å². The molecule has 4 rings (SSSR count). The van der Waals surface area contributed by atoms with E-state index in [1.165, 1.54) is 56.9 Å². The van der Waals surface area contributed by atoms with Crippen LogP contribution in [0.2, 0.25) is 0 Å². The highest BCUT2D eigenvalue weighted by molar-refractivity contribution is 7.89. The maximum Gasteiger partial charge on any atom is 0.260 e. The highest BCUT2D eigenvalue weighted by Gasteiger charge is 2.26.